The van der Waals surface area contributed by atoms with Gasteiger partial charge in [-0.3, -0.25) is 4.79 Å². The number of carbonyl (C=O) groups excluding carboxylic acids is 3. The predicted molar refractivity (Wildman–Crippen MR) is 158 cm³/mol. The number of rotatable bonds is 10. The van der Waals surface area contributed by atoms with Crippen LogP contribution in [0.3, 0.4) is 0 Å². The molecule has 2 heterocycles. The van der Waals surface area contributed by atoms with Crippen LogP contribution >= 0.6 is 11.3 Å². The fourth-order valence-electron chi connectivity index (χ4n) is 4.03. The summed E-state index contributed by atoms with van der Waals surface area (Å²) < 4.78 is 28.2. The molecule has 4 atom stereocenters. The minimum atomic E-state index is -0.863. The number of nitrogens with zero attached hydrogens (tertiary/aromatic N) is 2. The number of hydrogen-bond donors (Lipinski definition) is 2. The van der Waals surface area contributed by atoms with Crippen LogP contribution in [0.5, 0.6) is 0 Å². The van der Waals surface area contributed by atoms with Gasteiger partial charge in [0.1, 0.15) is 34.1 Å². The van der Waals surface area contributed by atoms with Gasteiger partial charge in [-0.1, -0.05) is 0 Å². The van der Waals surface area contributed by atoms with Crippen LogP contribution in [-0.2, 0) is 18.9 Å². The number of aryl methyl sites for hydroxylation is 1. The highest BCUT2D eigenvalue weighted by atomic mass is 32.1. The summed E-state index contributed by atoms with van der Waals surface area (Å²) in [4.78, 5) is 47.2. The van der Waals surface area contributed by atoms with Crippen LogP contribution in [0.4, 0.5) is 4.79 Å². The maximum absolute atomic E-state index is 13.5. The average Bonchev–Trinajstić information content (AvgIpc) is 3.44. The zero-order valence-corrected chi connectivity index (χ0v) is 27.8. The fourth-order valence-corrected chi connectivity index (χ4v) is 4.97. The summed E-state index contributed by atoms with van der Waals surface area (Å²) in [5.41, 5.74) is -1.64. The lowest BCUT2D eigenvalue weighted by Gasteiger charge is -2.31. The molecule has 12 nitrogen and oxygen atoms in total. The Labute approximate surface area is 252 Å². The Kier molecular flexibility index (Phi) is 11.3. The summed E-state index contributed by atoms with van der Waals surface area (Å²) in [5.74, 6) is -0.844. The third kappa shape index (κ3) is 10.7. The maximum Gasteiger partial charge on any atom is 0.408 e. The van der Waals surface area contributed by atoms with Crippen molar-refractivity contribution in [3.63, 3.8) is 0 Å². The molecule has 2 rings (SSSR count). The van der Waals surface area contributed by atoms with Crippen molar-refractivity contribution in [2.24, 2.45) is 0 Å². The second-order valence-electron chi connectivity index (χ2n) is 13.0. The summed E-state index contributed by atoms with van der Waals surface area (Å²) in [6, 6.07) is -1.56. The van der Waals surface area contributed by atoms with E-state index in [1.807, 2.05) is 48.5 Å². The quantitative estimate of drug-likeness (QED) is 0.322. The molecule has 2 aromatic rings. The second kappa shape index (κ2) is 13.5. The number of alkyl carbamates (subject to hydrolysis) is 1. The molecule has 0 saturated heterocycles. The highest BCUT2D eigenvalue weighted by Crippen LogP contribution is 2.29. The number of thiazole rings is 1. The molecule has 0 fully saturated rings. The zero-order valence-electron chi connectivity index (χ0n) is 27.0. The topological polar surface area (TPSA) is 151 Å². The van der Waals surface area contributed by atoms with Gasteiger partial charge in [-0.2, -0.15) is 0 Å². The van der Waals surface area contributed by atoms with Crippen LogP contribution in [0, 0.1) is 6.92 Å². The molecule has 0 unspecified atom stereocenters. The standard InChI is InChI=1S/C29H46N4O8S/c1-15-21(25(35)37-13)32-23(38-15)19(16(2)39-27(4,5)6)31-22(34)18-14-42-24(30-18)20(17(3)40-28(7,8)9)33-26(36)41-29(10,11)12/h14,16-17,19-20H,1-13H3,(H,31,34)(H,33,36)/t16-,17-,19+,20+/m1/s1. The van der Waals surface area contributed by atoms with Crippen molar-refractivity contribution in [3.05, 3.63) is 33.4 Å². The SMILES string of the molecule is COC(=O)c1nc([C@@H](NC(=O)c2csc([C@@H](NC(=O)OC(C)(C)C)[C@@H](C)OC(C)(C)C)n2)[C@@H](C)OC(C)(C)C)oc1C. The fraction of sp³-hybridized carbons (Fsp3) is 0.690. The van der Waals surface area contributed by atoms with Gasteiger partial charge in [-0.15, -0.1) is 11.3 Å². The summed E-state index contributed by atoms with van der Waals surface area (Å²) in [5, 5.41) is 7.78. The van der Waals surface area contributed by atoms with Gasteiger partial charge in [0.05, 0.1) is 30.5 Å². The van der Waals surface area contributed by atoms with E-state index in [0.29, 0.717) is 5.01 Å². The molecule has 2 N–H and O–H groups in total. The first-order valence-electron chi connectivity index (χ1n) is 13.8. The number of hydrogen-bond acceptors (Lipinski definition) is 11. The molecule has 0 aliphatic heterocycles. The van der Waals surface area contributed by atoms with Crippen molar-refractivity contribution < 1.29 is 37.7 Å². The zero-order chi connectivity index (χ0) is 32.2. The molecule has 13 heteroatoms. The molecule has 0 bridgehead atoms. The molecule has 2 aromatic heterocycles. The highest BCUT2D eigenvalue weighted by molar-refractivity contribution is 7.09. The number of aromatic nitrogens is 2. The van der Waals surface area contributed by atoms with Gasteiger partial charge in [0, 0.05) is 5.38 Å². The van der Waals surface area contributed by atoms with Crippen LogP contribution in [-0.4, -0.2) is 64.1 Å². The Morgan fingerprint density at radius 3 is 1.90 bits per heavy atom. The predicted octanol–water partition coefficient (Wildman–Crippen LogP) is 5.67. The number of esters is 1. The molecule has 0 aliphatic rings. The van der Waals surface area contributed by atoms with E-state index in [2.05, 4.69) is 20.6 Å². The van der Waals surface area contributed by atoms with Crippen LogP contribution in [0.1, 0.15) is 126 Å². The molecule has 0 saturated carbocycles. The van der Waals surface area contributed by atoms with Gasteiger partial charge >= 0.3 is 12.1 Å². The number of ether oxygens (including phenoxy) is 4. The van der Waals surface area contributed by atoms with Gasteiger partial charge in [0.2, 0.25) is 5.89 Å². The molecule has 2 amide bonds. The molecule has 0 spiro atoms. The van der Waals surface area contributed by atoms with E-state index in [-0.39, 0.29) is 23.0 Å². The van der Waals surface area contributed by atoms with E-state index in [4.69, 9.17) is 23.4 Å². The van der Waals surface area contributed by atoms with E-state index >= 15 is 0 Å². The van der Waals surface area contributed by atoms with Crippen molar-refractivity contribution in [2.75, 3.05) is 7.11 Å². The largest absolute Gasteiger partial charge is 0.464 e. The minimum absolute atomic E-state index is 0.00884. The van der Waals surface area contributed by atoms with Crippen LogP contribution in [0.25, 0.3) is 0 Å². The van der Waals surface area contributed by atoms with Crippen molar-refractivity contribution >= 4 is 29.3 Å². The smallest absolute Gasteiger partial charge is 0.408 e. The summed E-state index contributed by atoms with van der Waals surface area (Å²) >= 11 is 1.20. The molecule has 42 heavy (non-hydrogen) atoms. The van der Waals surface area contributed by atoms with Crippen molar-refractivity contribution in [1.82, 2.24) is 20.6 Å². The molecule has 0 aromatic carbocycles. The Morgan fingerprint density at radius 2 is 1.40 bits per heavy atom. The Bertz CT molecular complexity index is 1240. The van der Waals surface area contributed by atoms with Crippen molar-refractivity contribution in [2.45, 2.75) is 124 Å². The maximum atomic E-state index is 13.5. The Hall–Kier alpha value is -3.03. The monoisotopic (exact) mass is 610 g/mol. The first-order chi connectivity index (χ1) is 19.1. The van der Waals surface area contributed by atoms with E-state index in [0.717, 1.165) is 0 Å². The Balaban J connectivity index is 2.40. The van der Waals surface area contributed by atoms with Crippen LogP contribution in [0.15, 0.2) is 9.80 Å². The van der Waals surface area contributed by atoms with E-state index in [1.54, 1.807) is 40.0 Å². The number of oxazole rings is 1. The molecule has 236 valence electrons. The van der Waals surface area contributed by atoms with Crippen molar-refractivity contribution in [1.29, 1.82) is 0 Å². The van der Waals surface area contributed by atoms with Crippen molar-refractivity contribution in [3.8, 4) is 0 Å². The molecular formula is C29H46N4O8S. The third-order valence-corrected chi connectivity index (χ3v) is 6.38. The molecule has 0 radical (unpaired) electrons. The van der Waals surface area contributed by atoms with Gasteiger partial charge in [-0.25, -0.2) is 19.6 Å². The van der Waals surface area contributed by atoms with E-state index < -0.39 is 59.1 Å². The van der Waals surface area contributed by atoms with Gasteiger partial charge in [0.25, 0.3) is 5.91 Å². The number of nitrogens with one attached hydrogen (secondary N) is 2. The summed E-state index contributed by atoms with van der Waals surface area (Å²) in [6.07, 6.45) is -1.73. The number of carbonyl (C=O) groups is 3. The molecular weight excluding hydrogens is 564 g/mol. The van der Waals surface area contributed by atoms with Crippen LogP contribution < -0.4 is 10.6 Å². The number of methoxy groups -OCH3 is 1. The van der Waals surface area contributed by atoms with Gasteiger partial charge in [0.15, 0.2) is 5.69 Å². The Morgan fingerprint density at radius 1 is 0.857 bits per heavy atom. The van der Waals surface area contributed by atoms with Gasteiger partial charge < -0.3 is 34.0 Å². The van der Waals surface area contributed by atoms with Crippen LogP contribution in [0.2, 0.25) is 0 Å². The van der Waals surface area contributed by atoms with E-state index in [1.165, 1.54) is 18.4 Å². The summed E-state index contributed by atoms with van der Waals surface area (Å²) in [7, 11) is 1.25. The normalized spacial score (nSPS) is 15.4. The third-order valence-electron chi connectivity index (χ3n) is 5.46. The lowest BCUT2D eigenvalue weighted by Crippen LogP contribution is -2.42. The van der Waals surface area contributed by atoms with E-state index in [9.17, 15) is 14.4 Å². The second-order valence-corrected chi connectivity index (χ2v) is 13.9. The number of amides is 2. The van der Waals surface area contributed by atoms with Gasteiger partial charge in [-0.05, 0) is 83.1 Å². The minimum Gasteiger partial charge on any atom is -0.464 e. The first kappa shape index (κ1) is 35.2. The molecule has 0 aliphatic carbocycles. The summed E-state index contributed by atoms with van der Waals surface area (Å²) in [6.45, 7) is 21.9. The lowest BCUT2D eigenvalue weighted by molar-refractivity contribution is -0.0691. The highest BCUT2D eigenvalue weighted by Gasteiger charge is 2.34. The first-order valence-corrected chi connectivity index (χ1v) is 14.6. The lowest BCUT2D eigenvalue weighted by atomic mass is 10.1. The average molecular weight is 611 g/mol.